The highest BCUT2D eigenvalue weighted by Gasteiger charge is 2.31. The second-order valence-electron chi connectivity index (χ2n) is 3.20. The van der Waals surface area contributed by atoms with Gasteiger partial charge in [0.15, 0.2) is 0 Å². The summed E-state index contributed by atoms with van der Waals surface area (Å²) in [7, 11) is 0. The molecule has 17 heavy (non-hydrogen) atoms. The van der Waals surface area contributed by atoms with Crippen LogP contribution in [0.2, 0.25) is 0 Å². The summed E-state index contributed by atoms with van der Waals surface area (Å²) in [4.78, 5) is 10.7. The van der Waals surface area contributed by atoms with Gasteiger partial charge in [-0.15, -0.1) is 11.6 Å². The molecule has 1 aromatic rings. The summed E-state index contributed by atoms with van der Waals surface area (Å²) in [6.45, 7) is 0. The summed E-state index contributed by atoms with van der Waals surface area (Å²) in [5, 5.41) is 8.71. The van der Waals surface area contributed by atoms with Gasteiger partial charge in [-0.1, -0.05) is 12.2 Å². The van der Waals surface area contributed by atoms with Gasteiger partial charge in [0.05, 0.1) is 11.1 Å². The number of benzene rings is 1. The van der Waals surface area contributed by atoms with Crippen LogP contribution >= 0.6 is 11.6 Å². The number of allylic oxidation sites excluding steroid dienone is 1. The molecule has 0 fully saturated rings. The molecule has 0 amide bonds. The zero-order valence-electron chi connectivity index (χ0n) is 8.46. The normalized spacial score (nSPS) is 12.0. The molecule has 0 bridgehead atoms. The van der Waals surface area contributed by atoms with Gasteiger partial charge < -0.3 is 5.11 Å². The third kappa shape index (κ3) is 3.78. The van der Waals surface area contributed by atoms with E-state index < -0.39 is 23.3 Å². The van der Waals surface area contributed by atoms with E-state index in [1.165, 1.54) is 12.2 Å². The van der Waals surface area contributed by atoms with Crippen molar-refractivity contribution in [2.24, 2.45) is 0 Å². The van der Waals surface area contributed by atoms with Gasteiger partial charge in [-0.05, 0) is 23.8 Å². The molecule has 0 aromatic heterocycles. The van der Waals surface area contributed by atoms with Gasteiger partial charge in [0.25, 0.3) is 0 Å². The minimum absolute atomic E-state index is 0.138. The molecule has 0 aliphatic heterocycles. The lowest BCUT2D eigenvalue weighted by molar-refractivity contribution is -0.137. The Hall–Kier alpha value is -1.49. The Morgan fingerprint density at radius 1 is 1.35 bits per heavy atom. The number of carbonyl (C=O) groups is 1. The Morgan fingerprint density at radius 3 is 2.47 bits per heavy atom. The highest BCUT2D eigenvalue weighted by atomic mass is 35.5. The van der Waals surface area contributed by atoms with Gasteiger partial charge in [0.1, 0.15) is 0 Å². The van der Waals surface area contributed by atoms with E-state index in [9.17, 15) is 18.0 Å². The van der Waals surface area contributed by atoms with E-state index in [0.717, 1.165) is 12.1 Å². The Labute approximate surface area is 100 Å². The Kier molecular flexibility index (Phi) is 4.17. The molecule has 1 aromatic carbocycles. The first-order valence-electron chi connectivity index (χ1n) is 4.52. The number of aromatic carboxylic acids is 1. The Morgan fingerprint density at radius 2 is 2.00 bits per heavy atom. The summed E-state index contributed by atoms with van der Waals surface area (Å²) in [5.41, 5.74) is -1.25. The molecule has 0 aliphatic rings. The molecule has 0 spiro atoms. The standard InChI is InChI=1S/C11H8ClF3O2/c12-3-1-2-7-4-8(10(16)17)6-9(5-7)11(13,14)15/h1-2,4-6H,3H2,(H,16,17). The van der Waals surface area contributed by atoms with Crippen LogP contribution in [0.1, 0.15) is 21.5 Å². The van der Waals surface area contributed by atoms with Gasteiger partial charge in [-0.2, -0.15) is 13.2 Å². The van der Waals surface area contributed by atoms with Crippen LogP contribution < -0.4 is 0 Å². The second kappa shape index (κ2) is 5.23. The molecule has 0 saturated carbocycles. The molecule has 0 heterocycles. The van der Waals surface area contributed by atoms with Gasteiger partial charge in [0.2, 0.25) is 0 Å². The summed E-state index contributed by atoms with van der Waals surface area (Å²) in [6, 6.07) is 2.62. The van der Waals surface area contributed by atoms with E-state index in [4.69, 9.17) is 16.7 Å². The minimum Gasteiger partial charge on any atom is -0.478 e. The lowest BCUT2D eigenvalue weighted by Gasteiger charge is -2.08. The van der Waals surface area contributed by atoms with Crippen LogP contribution in [0.25, 0.3) is 6.08 Å². The third-order valence-electron chi connectivity index (χ3n) is 1.93. The highest BCUT2D eigenvalue weighted by Crippen LogP contribution is 2.31. The zero-order valence-corrected chi connectivity index (χ0v) is 9.22. The van der Waals surface area contributed by atoms with Crippen LogP contribution in [0.15, 0.2) is 24.3 Å². The van der Waals surface area contributed by atoms with E-state index in [0.29, 0.717) is 6.07 Å². The van der Waals surface area contributed by atoms with Crippen molar-refractivity contribution >= 4 is 23.6 Å². The first kappa shape index (κ1) is 13.6. The Bertz CT molecular complexity index is 453. The molecular weight excluding hydrogens is 257 g/mol. The number of carboxylic acid groups (broad SMARTS) is 1. The van der Waals surface area contributed by atoms with Crippen LogP contribution in [0.4, 0.5) is 13.2 Å². The van der Waals surface area contributed by atoms with Crippen LogP contribution in [0.3, 0.4) is 0 Å². The molecule has 0 atom stereocenters. The van der Waals surface area contributed by atoms with Crippen LogP contribution in [0.5, 0.6) is 0 Å². The van der Waals surface area contributed by atoms with E-state index in [1.807, 2.05) is 0 Å². The fourth-order valence-electron chi connectivity index (χ4n) is 1.22. The number of halogens is 4. The lowest BCUT2D eigenvalue weighted by Crippen LogP contribution is -2.08. The molecule has 1 rings (SSSR count). The molecule has 0 aliphatic carbocycles. The van der Waals surface area contributed by atoms with Gasteiger partial charge in [-0.25, -0.2) is 4.79 Å². The smallest absolute Gasteiger partial charge is 0.416 e. The van der Waals surface area contributed by atoms with Crippen molar-refractivity contribution in [3.05, 3.63) is 41.0 Å². The van der Waals surface area contributed by atoms with Crippen molar-refractivity contribution in [3.63, 3.8) is 0 Å². The second-order valence-corrected chi connectivity index (χ2v) is 3.51. The van der Waals surface area contributed by atoms with Gasteiger partial charge in [0, 0.05) is 5.88 Å². The van der Waals surface area contributed by atoms with E-state index in [-0.39, 0.29) is 11.4 Å². The summed E-state index contributed by atoms with van der Waals surface area (Å²) in [5.74, 6) is -1.27. The maximum absolute atomic E-state index is 12.5. The van der Waals surface area contributed by atoms with Gasteiger partial charge >= 0.3 is 12.1 Å². The van der Waals surface area contributed by atoms with E-state index in [2.05, 4.69) is 0 Å². The zero-order chi connectivity index (χ0) is 13.1. The quantitative estimate of drug-likeness (QED) is 0.846. The monoisotopic (exact) mass is 264 g/mol. The maximum Gasteiger partial charge on any atom is 0.416 e. The van der Waals surface area contributed by atoms with Crippen molar-refractivity contribution in [1.82, 2.24) is 0 Å². The third-order valence-corrected chi connectivity index (χ3v) is 2.11. The molecule has 0 unspecified atom stereocenters. The highest BCUT2D eigenvalue weighted by molar-refractivity contribution is 6.19. The minimum atomic E-state index is -4.57. The van der Waals surface area contributed by atoms with Crippen molar-refractivity contribution in [2.45, 2.75) is 6.18 Å². The first-order chi connectivity index (χ1) is 7.84. The predicted octanol–water partition coefficient (Wildman–Crippen LogP) is 3.66. The fourth-order valence-corrected chi connectivity index (χ4v) is 1.30. The predicted molar refractivity (Wildman–Crippen MR) is 58.2 cm³/mol. The van der Waals surface area contributed by atoms with Crippen molar-refractivity contribution in [2.75, 3.05) is 5.88 Å². The lowest BCUT2D eigenvalue weighted by atomic mass is 10.0. The number of rotatable bonds is 3. The number of carboxylic acids is 1. The average molecular weight is 265 g/mol. The van der Waals surface area contributed by atoms with Crippen molar-refractivity contribution in [3.8, 4) is 0 Å². The molecule has 92 valence electrons. The number of hydrogen-bond acceptors (Lipinski definition) is 1. The SMILES string of the molecule is O=C(O)c1cc(C=CCCl)cc(C(F)(F)F)c1. The summed E-state index contributed by atoms with van der Waals surface area (Å²) >= 11 is 5.36. The molecule has 2 nitrogen and oxygen atoms in total. The van der Waals surface area contributed by atoms with Crippen molar-refractivity contribution < 1.29 is 23.1 Å². The van der Waals surface area contributed by atoms with E-state index >= 15 is 0 Å². The molecule has 6 heteroatoms. The first-order valence-corrected chi connectivity index (χ1v) is 5.06. The fraction of sp³-hybridized carbons (Fsp3) is 0.182. The Balaban J connectivity index is 3.29. The van der Waals surface area contributed by atoms with Crippen molar-refractivity contribution in [1.29, 1.82) is 0 Å². The molecule has 0 saturated heterocycles. The van der Waals surface area contributed by atoms with E-state index in [1.54, 1.807) is 0 Å². The topological polar surface area (TPSA) is 37.3 Å². The van der Waals surface area contributed by atoms with Crippen LogP contribution in [-0.2, 0) is 6.18 Å². The summed E-state index contributed by atoms with van der Waals surface area (Å²) in [6.07, 6.45) is -1.80. The molecule has 0 radical (unpaired) electrons. The van der Waals surface area contributed by atoms with Crippen LogP contribution in [-0.4, -0.2) is 17.0 Å². The molecule has 1 N–H and O–H groups in total. The average Bonchev–Trinajstić information content (AvgIpc) is 2.24. The number of alkyl halides is 4. The number of hydrogen-bond donors (Lipinski definition) is 1. The maximum atomic E-state index is 12.5. The summed E-state index contributed by atoms with van der Waals surface area (Å²) < 4.78 is 37.5. The largest absolute Gasteiger partial charge is 0.478 e. The van der Waals surface area contributed by atoms with Gasteiger partial charge in [-0.3, -0.25) is 0 Å². The van der Waals surface area contributed by atoms with Crippen LogP contribution in [0, 0.1) is 0 Å². The molecular formula is C11H8ClF3O2.